The first-order valence-corrected chi connectivity index (χ1v) is 12.6. The van der Waals surface area contributed by atoms with Crippen molar-refractivity contribution in [1.82, 2.24) is 30.6 Å². The number of hydrogen-bond donors (Lipinski definition) is 1. The van der Waals surface area contributed by atoms with Crippen molar-refractivity contribution in [1.29, 1.82) is 0 Å². The second kappa shape index (κ2) is 9.82. The van der Waals surface area contributed by atoms with Crippen LogP contribution in [0, 0.1) is 0 Å². The highest BCUT2D eigenvalue weighted by Crippen LogP contribution is 2.44. The normalized spacial score (nSPS) is 18.9. The van der Waals surface area contributed by atoms with Gasteiger partial charge in [-0.25, -0.2) is 9.69 Å². The molecule has 34 heavy (non-hydrogen) atoms. The predicted octanol–water partition coefficient (Wildman–Crippen LogP) is 5.22. The number of halogens is 2. The summed E-state index contributed by atoms with van der Waals surface area (Å²) in [4.78, 5) is 13.4. The van der Waals surface area contributed by atoms with Gasteiger partial charge in [-0.1, -0.05) is 59.2 Å². The third-order valence-electron chi connectivity index (χ3n) is 5.93. The predicted molar refractivity (Wildman–Crippen MR) is 134 cm³/mol. The molecule has 7 nitrogen and oxygen atoms in total. The average molecular weight is 513 g/mol. The molecule has 1 atom stereocenters. The number of aromatic nitrogens is 4. The van der Waals surface area contributed by atoms with Crippen LogP contribution in [-0.2, 0) is 11.8 Å². The summed E-state index contributed by atoms with van der Waals surface area (Å²) in [7, 11) is 1.76. The van der Waals surface area contributed by atoms with E-state index in [0.717, 1.165) is 36.1 Å². The number of hydrogen-bond acceptors (Lipinski definition) is 6. The van der Waals surface area contributed by atoms with Crippen molar-refractivity contribution in [2.45, 2.75) is 30.5 Å². The molecule has 3 aromatic rings. The zero-order valence-corrected chi connectivity index (χ0v) is 20.7. The molecule has 1 N–H and O–H groups in total. The quantitative estimate of drug-likeness (QED) is 0.472. The molecular formula is C24H22Cl2N6OS. The van der Waals surface area contributed by atoms with Crippen molar-refractivity contribution in [2.24, 2.45) is 7.05 Å². The molecule has 2 aliphatic rings. The van der Waals surface area contributed by atoms with Crippen LogP contribution in [0.5, 0.6) is 0 Å². The molecule has 0 unspecified atom stereocenters. The van der Waals surface area contributed by atoms with Crippen LogP contribution < -0.4 is 5.43 Å². The Morgan fingerprint density at radius 2 is 1.82 bits per heavy atom. The number of carbonyl (C=O) groups excluding carboxylic acids is 1. The zero-order valence-electron chi connectivity index (χ0n) is 18.4. The van der Waals surface area contributed by atoms with E-state index in [9.17, 15) is 4.79 Å². The lowest BCUT2D eigenvalue weighted by atomic mass is 9.86. The molecule has 1 aliphatic heterocycles. The minimum atomic E-state index is -0.202. The Kier molecular flexibility index (Phi) is 6.63. The monoisotopic (exact) mass is 512 g/mol. The zero-order chi connectivity index (χ0) is 23.7. The second-order valence-electron chi connectivity index (χ2n) is 8.18. The molecule has 0 radical (unpaired) electrons. The molecule has 0 fully saturated rings. The van der Waals surface area contributed by atoms with E-state index < -0.39 is 0 Å². The molecule has 0 saturated heterocycles. The van der Waals surface area contributed by atoms with Crippen LogP contribution in [0.2, 0.25) is 10.0 Å². The van der Waals surface area contributed by atoms with Crippen molar-refractivity contribution in [3.63, 3.8) is 0 Å². The number of thioether (sulfide) groups is 1. The summed E-state index contributed by atoms with van der Waals surface area (Å²) >= 11 is 13.5. The number of benzene rings is 2. The van der Waals surface area contributed by atoms with E-state index in [1.807, 2.05) is 48.5 Å². The molecule has 0 bridgehead atoms. The number of allylic oxidation sites excluding steroid dienone is 1. The molecule has 10 heteroatoms. The molecule has 0 spiro atoms. The van der Waals surface area contributed by atoms with Gasteiger partial charge in [0.15, 0.2) is 0 Å². The van der Waals surface area contributed by atoms with Gasteiger partial charge in [0.1, 0.15) is 6.04 Å². The summed E-state index contributed by atoms with van der Waals surface area (Å²) in [6.07, 6.45) is 5.04. The van der Waals surface area contributed by atoms with Crippen molar-refractivity contribution < 1.29 is 4.79 Å². The maximum absolute atomic E-state index is 13.4. The molecule has 2 aromatic carbocycles. The first-order chi connectivity index (χ1) is 16.5. The van der Waals surface area contributed by atoms with Crippen LogP contribution in [0.15, 0.2) is 70.5 Å². The molecule has 5 rings (SSSR count). The van der Waals surface area contributed by atoms with Crippen LogP contribution in [0.25, 0.3) is 6.08 Å². The Bertz CT molecular complexity index is 1270. The molecule has 1 amide bonds. The Labute approximate surface area is 211 Å². The Morgan fingerprint density at radius 3 is 2.50 bits per heavy atom. The highest BCUT2D eigenvalue weighted by Gasteiger charge is 2.39. The minimum Gasteiger partial charge on any atom is -0.295 e. The van der Waals surface area contributed by atoms with Crippen molar-refractivity contribution in [3.8, 4) is 0 Å². The summed E-state index contributed by atoms with van der Waals surface area (Å²) < 4.78 is 1.56. The summed E-state index contributed by atoms with van der Waals surface area (Å²) in [5, 5.41) is 15.2. The van der Waals surface area contributed by atoms with Gasteiger partial charge in [0, 0.05) is 17.1 Å². The number of carbonyl (C=O) groups is 1. The van der Waals surface area contributed by atoms with Crippen LogP contribution >= 0.6 is 35.0 Å². The summed E-state index contributed by atoms with van der Waals surface area (Å²) in [6.45, 7) is 0. The topological polar surface area (TPSA) is 75.9 Å². The van der Waals surface area contributed by atoms with E-state index in [4.69, 9.17) is 23.2 Å². The highest BCUT2D eigenvalue weighted by atomic mass is 35.5. The van der Waals surface area contributed by atoms with Gasteiger partial charge in [-0.15, -0.1) is 5.10 Å². The lowest BCUT2D eigenvalue weighted by Crippen LogP contribution is -2.41. The maximum Gasteiger partial charge on any atom is 0.252 e. The second-order valence-corrected chi connectivity index (χ2v) is 9.99. The number of hydrazine groups is 1. The van der Waals surface area contributed by atoms with Crippen molar-refractivity contribution in [3.05, 3.63) is 86.5 Å². The van der Waals surface area contributed by atoms with Crippen LogP contribution in [0.4, 0.5) is 0 Å². The van der Waals surface area contributed by atoms with E-state index in [0.29, 0.717) is 15.2 Å². The molecule has 0 saturated carbocycles. The highest BCUT2D eigenvalue weighted by molar-refractivity contribution is 7.99. The van der Waals surface area contributed by atoms with Gasteiger partial charge in [-0.05, 0) is 82.3 Å². The molecular weight excluding hydrogens is 491 g/mol. The Hall–Kier alpha value is -2.81. The number of rotatable bonds is 5. The van der Waals surface area contributed by atoms with E-state index in [1.54, 1.807) is 16.7 Å². The number of amides is 1. The van der Waals surface area contributed by atoms with Gasteiger partial charge < -0.3 is 0 Å². The van der Waals surface area contributed by atoms with Crippen molar-refractivity contribution in [2.75, 3.05) is 5.75 Å². The third-order valence-corrected chi connectivity index (χ3v) is 7.43. The lowest BCUT2D eigenvalue weighted by molar-refractivity contribution is -0.131. The first-order valence-electron chi connectivity index (χ1n) is 10.9. The molecule has 1 aromatic heterocycles. The van der Waals surface area contributed by atoms with Crippen LogP contribution in [0.3, 0.4) is 0 Å². The summed E-state index contributed by atoms with van der Waals surface area (Å²) in [5.41, 5.74) is 8.97. The number of nitrogens with zero attached hydrogens (tertiary/aromatic N) is 5. The first kappa shape index (κ1) is 23.0. The SMILES string of the molecule is Cn1nnnc1SCC(=O)N1NC2=C(CCC/C2=C/c2ccc(Cl)cc2)[C@@H]1c1ccc(Cl)cc1. The Balaban J connectivity index is 1.47. The van der Waals surface area contributed by atoms with Gasteiger partial charge in [-0.2, -0.15) is 0 Å². The molecule has 2 heterocycles. The fourth-order valence-electron chi connectivity index (χ4n) is 4.33. The fourth-order valence-corrected chi connectivity index (χ4v) is 5.29. The smallest absolute Gasteiger partial charge is 0.252 e. The number of tetrazole rings is 1. The van der Waals surface area contributed by atoms with Crippen LogP contribution in [0.1, 0.15) is 36.4 Å². The fraction of sp³-hybridized carbons (Fsp3) is 0.250. The maximum atomic E-state index is 13.4. The number of aryl methyl sites for hydroxylation is 1. The standard InChI is InChI=1S/C24H22Cl2N6OS/c1-31-24(27-29-30-31)34-14-21(33)32-23(16-7-11-19(26)12-8-16)20-4-2-3-17(22(20)28-32)13-15-5-9-18(25)10-6-15/h5-13,23,28H,2-4,14H2,1H3/b17-13-/t23-/m0/s1. The van der Waals surface area contributed by atoms with E-state index >= 15 is 0 Å². The largest absolute Gasteiger partial charge is 0.295 e. The van der Waals surface area contributed by atoms with Gasteiger partial charge in [0.05, 0.1) is 11.4 Å². The molecule has 174 valence electrons. The third kappa shape index (κ3) is 4.71. The number of nitrogens with one attached hydrogen (secondary N) is 1. The van der Waals surface area contributed by atoms with Crippen molar-refractivity contribution >= 4 is 46.9 Å². The Morgan fingerprint density at radius 1 is 1.12 bits per heavy atom. The summed E-state index contributed by atoms with van der Waals surface area (Å²) in [5.74, 6) is 0.162. The minimum absolute atomic E-state index is 0.0480. The molecule has 1 aliphatic carbocycles. The average Bonchev–Trinajstić information content (AvgIpc) is 3.43. The summed E-state index contributed by atoms with van der Waals surface area (Å²) in [6, 6.07) is 15.3. The van der Waals surface area contributed by atoms with Gasteiger partial charge in [0.2, 0.25) is 5.16 Å². The van der Waals surface area contributed by atoms with E-state index in [2.05, 4.69) is 27.0 Å². The van der Waals surface area contributed by atoms with Gasteiger partial charge in [-0.3, -0.25) is 10.2 Å². The van der Waals surface area contributed by atoms with E-state index in [1.165, 1.54) is 22.9 Å². The van der Waals surface area contributed by atoms with Gasteiger partial charge in [0.25, 0.3) is 5.91 Å². The van der Waals surface area contributed by atoms with Gasteiger partial charge >= 0.3 is 0 Å². The van der Waals surface area contributed by atoms with Crippen LogP contribution in [-0.4, -0.2) is 36.9 Å². The lowest BCUT2D eigenvalue weighted by Gasteiger charge is -2.27. The van der Waals surface area contributed by atoms with E-state index in [-0.39, 0.29) is 17.7 Å².